The number of hydrogen-bond donors (Lipinski definition) is 1. The highest BCUT2D eigenvalue weighted by atomic mass is 35.5. The van der Waals surface area contributed by atoms with Gasteiger partial charge in [-0.3, -0.25) is 9.10 Å². The van der Waals surface area contributed by atoms with Crippen molar-refractivity contribution in [2.24, 2.45) is 0 Å². The third-order valence-electron chi connectivity index (χ3n) is 6.14. The van der Waals surface area contributed by atoms with E-state index < -0.39 is 10.0 Å². The molecule has 1 heterocycles. The van der Waals surface area contributed by atoms with E-state index in [1.54, 1.807) is 30.3 Å². The maximum atomic E-state index is 13.3. The number of nitrogens with one attached hydrogen (secondary N) is 1. The van der Waals surface area contributed by atoms with E-state index in [9.17, 15) is 13.2 Å². The molecule has 5 rings (SSSR count). The summed E-state index contributed by atoms with van der Waals surface area (Å²) in [6, 6.07) is 30.6. The van der Waals surface area contributed by atoms with E-state index >= 15 is 0 Å². The lowest BCUT2D eigenvalue weighted by molar-refractivity contribution is 0.0943. The van der Waals surface area contributed by atoms with Gasteiger partial charge in [0.25, 0.3) is 15.9 Å². The third-order valence-corrected chi connectivity index (χ3v) is 8.22. The summed E-state index contributed by atoms with van der Waals surface area (Å²) in [7, 11) is -3.72. The Labute approximate surface area is 210 Å². The number of anilines is 1. The second-order valence-corrected chi connectivity index (χ2v) is 10.7. The number of amides is 1. The zero-order valence-electron chi connectivity index (χ0n) is 18.8. The van der Waals surface area contributed by atoms with E-state index in [1.165, 1.54) is 16.4 Å². The minimum atomic E-state index is -3.72. The van der Waals surface area contributed by atoms with Crippen molar-refractivity contribution < 1.29 is 13.2 Å². The van der Waals surface area contributed by atoms with E-state index in [0.717, 1.165) is 16.7 Å². The van der Waals surface area contributed by atoms with Gasteiger partial charge in [0.15, 0.2) is 0 Å². The van der Waals surface area contributed by atoms with Crippen LogP contribution in [0, 0.1) is 0 Å². The molecule has 0 bridgehead atoms. The van der Waals surface area contributed by atoms with Crippen molar-refractivity contribution in [1.82, 2.24) is 5.32 Å². The summed E-state index contributed by atoms with van der Waals surface area (Å²) in [5, 5.41) is 3.62. The van der Waals surface area contributed by atoms with Gasteiger partial charge < -0.3 is 5.32 Å². The first-order valence-electron chi connectivity index (χ1n) is 11.3. The van der Waals surface area contributed by atoms with Crippen LogP contribution in [0.4, 0.5) is 5.69 Å². The van der Waals surface area contributed by atoms with Crippen LogP contribution in [-0.2, 0) is 16.4 Å². The smallest absolute Gasteiger partial charge is 0.264 e. The number of carbonyl (C=O) groups excluding carboxylic acids is 1. The molecule has 1 amide bonds. The van der Waals surface area contributed by atoms with Gasteiger partial charge in [-0.2, -0.15) is 0 Å². The normalized spacial score (nSPS) is 13.0. The molecule has 4 aromatic rings. The number of benzene rings is 4. The Morgan fingerprint density at radius 1 is 0.829 bits per heavy atom. The second kappa shape index (κ2) is 9.56. The van der Waals surface area contributed by atoms with Crippen LogP contribution in [-0.4, -0.2) is 20.9 Å². The van der Waals surface area contributed by atoms with Crippen LogP contribution in [0.15, 0.2) is 108 Å². The predicted molar refractivity (Wildman–Crippen MR) is 138 cm³/mol. The van der Waals surface area contributed by atoms with Crippen molar-refractivity contribution in [3.63, 3.8) is 0 Å². The van der Waals surface area contributed by atoms with Gasteiger partial charge >= 0.3 is 0 Å². The van der Waals surface area contributed by atoms with Crippen LogP contribution < -0.4 is 9.62 Å². The fourth-order valence-electron chi connectivity index (χ4n) is 4.36. The topological polar surface area (TPSA) is 66.5 Å². The lowest BCUT2D eigenvalue weighted by Crippen LogP contribution is -2.30. The maximum absolute atomic E-state index is 13.3. The molecule has 0 saturated heterocycles. The van der Waals surface area contributed by atoms with E-state index in [4.69, 9.17) is 11.6 Å². The van der Waals surface area contributed by atoms with Crippen LogP contribution in [0.1, 0.15) is 33.1 Å². The Bertz CT molecular complexity index is 1420. The van der Waals surface area contributed by atoms with E-state index in [-0.39, 0.29) is 16.8 Å². The van der Waals surface area contributed by atoms with Gasteiger partial charge in [0.2, 0.25) is 0 Å². The molecule has 0 atom stereocenters. The largest absolute Gasteiger partial charge is 0.341 e. The van der Waals surface area contributed by atoms with Crippen molar-refractivity contribution in [3.8, 4) is 0 Å². The number of nitrogens with zero attached hydrogens (tertiary/aromatic N) is 1. The van der Waals surface area contributed by atoms with Crippen LogP contribution in [0.2, 0.25) is 5.02 Å². The number of halogens is 1. The molecular formula is C28H23ClN2O3S. The van der Waals surface area contributed by atoms with E-state index in [1.807, 2.05) is 60.7 Å². The van der Waals surface area contributed by atoms with Gasteiger partial charge in [0.05, 0.1) is 16.6 Å². The summed E-state index contributed by atoms with van der Waals surface area (Å²) in [6.45, 7) is 0.321. The minimum absolute atomic E-state index is 0.185. The molecule has 176 valence electrons. The first-order chi connectivity index (χ1) is 16.9. The highest BCUT2D eigenvalue weighted by Crippen LogP contribution is 2.34. The van der Waals surface area contributed by atoms with Crippen LogP contribution in [0.5, 0.6) is 0 Å². The van der Waals surface area contributed by atoms with Gasteiger partial charge in [0.1, 0.15) is 0 Å². The monoisotopic (exact) mass is 502 g/mol. The minimum Gasteiger partial charge on any atom is -0.341 e. The standard InChI is InChI=1S/C28H23ClN2O3S/c29-24-12-14-25(15-13-24)35(33,34)31-18-17-22-19-23(11-16-26(22)31)28(32)30-27(20-7-3-1-4-8-20)21-9-5-2-6-10-21/h1-16,19,27H,17-18H2,(H,30,32). The number of rotatable bonds is 6. The van der Waals surface area contributed by atoms with Crippen molar-refractivity contribution in [2.75, 3.05) is 10.8 Å². The average Bonchev–Trinajstić information content (AvgIpc) is 3.33. The average molecular weight is 503 g/mol. The molecule has 0 aliphatic carbocycles. The molecule has 1 aliphatic heterocycles. The summed E-state index contributed by atoms with van der Waals surface area (Å²) in [6.07, 6.45) is 0.532. The van der Waals surface area contributed by atoms with Crippen LogP contribution >= 0.6 is 11.6 Å². The highest BCUT2D eigenvalue weighted by molar-refractivity contribution is 7.92. The first-order valence-corrected chi connectivity index (χ1v) is 13.1. The molecule has 0 unspecified atom stereocenters. The molecule has 5 nitrogen and oxygen atoms in total. The molecule has 35 heavy (non-hydrogen) atoms. The van der Waals surface area contributed by atoms with Crippen LogP contribution in [0.25, 0.3) is 0 Å². The van der Waals surface area contributed by atoms with E-state index in [2.05, 4.69) is 5.32 Å². The lowest BCUT2D eigenvalue weighted by atomic mass is 9.98. The fourth-order valence-corrected chi connectivity index (χ4v) is 5.99. The Kier molecular flexibility index (Phi) is 6.32. The molecule has 1 aliphatic rings. The molecule has 0 spiro atoms. The third kappa shape index (κ3) is 4.67. The molecule has 7 heteroatoms. The van der Waals surface area contributed by atoms with Crippen molar-refractivity contribution >= 4 is 33.2 Å². The molecule has 0 saturated carbocycles. The summed E-state index contributed by atoms with van der Waals surface area (Å²) in [5.41, 5.74) is 3.87. The van der Waals surface area contributed by atoms with Crippen molar-refractivity contribution in [3.05, 3.63) is 130 Å². The second-order valence-electron chi connectivity index (χ2n) is 8.35. The zero-order valence-corrected chi connectivity index (χ0v) is 20.3. The van der Waals surface area contributed by atoms with Crippen LogP contribution in [0.3, 0.4) is 0 Å². The lowest BCUT2D eigenvalue weighted by Gasteiger charge is -2.21. The number of carbonyl (C=O) groups is 1. The Morgan fingerprint density at radius 2 is 1.43 bits per heavy atom. The van der Waals surface area contributed by atoms with Gasteiger partial charge in [-0.05, 0) is 65.6 Å². The molecule has 0 radical (unpaired) electrons. The number of hydrogen-bond acceptors (Lipinski definition) is 3. The summed E-state index contributed by atoms with van der Waals surface area (Å²) < 4.78 is 27.8. The number of fused-ring (bicyclic) bond motifs is 1. The quantitative estimate of drug-likeness (QED) is 0.372. The van der Waals surface area contributed by atoms with Crippen molar-refractivity contribution in [2.45, 2.75) is 17.4 Å². The Morgan fingerprint density at radius 3 is 2.03 bits per heavy atom. The SMILES string of the molecule is O=C(NC(c1ccccc1)c1ccccc1)c1ccc2c(c1)CCN2S(=O)(=O)c1ccc(Cl)cc1. The Hall–Kier alpha value is -3.61. The van der Waals surface area contributed by atoms with Crippen molar-refractivity contribution in [1.29, 1.82) is 0 Å². The molecule has 0 fully saturated rings. The summed E-state index contributed by atoms with van der Waals surface area (Å²) in [4.78, 5) is 13.5. The van der Waals surface area contributed by atoms with Gasteiger partial charge in [-0.25, -0.2) is 8.42 Å². The van der Waals surface area contributed by atoms with Gasteiger partial charge in [-0.15, -0.1) is 0 Å². The Balaban J connectivity index is 1.41. The first kappa shape index (κ1) is 23.1. The van der Waals surface area contributed by atoms with Gasteiger partial charge in [-0.1, -0.05) is 72.3 Å². The molecule has 1 N–H and O–H groups in total. The van der Waals surface area contributed by atoms with E-state index in [0.29, 0.717) is 29.2 Å². The fraction of sp³-hybridized carbons (Fsp3) is 0.107. The zero-order chi connectivity index (χ0) is 24.4. The summed E-state index contributed by atoms with van der Waals surface area (Å²) >= 11 is 5.92. The molecule has 4 aromatic carbocycles. The predicted octanol–water partition coefficient (Wildman–Crippen LogP) is 5.61. The molecule has 0 aromatic heterocycles. The number of sulfonamides is 1. The maximum Gasteiger partial charge on any atom is 0.264 e. The highest BCUT2D eigenvalue weighted by Gasteiger charge is 2.31. The van der Waals surface area contributed by atoms with Gasteiger partial charge in [0, 0.05) is 17.1 Å². The summed E-state index contributed by atoms with van der Waals surface area (Å²) in [5.74, 6) is -0.218. The molecular weight excluding hydrogens is 480 g/mol.